The van der Waals surface area contributed by atoms with Gasteiger partial charge >= 0.3 is 0 Å². The Bertz CT molecular complexity index is 1270. The Morgan fingerprint density at radius 3 is 2.78 bits per heavy atom. The number of carbonyl (C=O) groups is 2. The number of nitrogens with zero attached hydrogens (tertiary/aromatic N) is 4. The van der Waals surface area contributed by atoms with Crippen molar-refractivity contribution in [3.63, 3.8) is 0 Å². The number of hydrogen-bond acceptors (Lipinski definition) is 5. The van der Waals surface area contributed by atoms with Crippen molar-refractivity contribution >= 4 is 28.4 Å². The van der Waals surface area contributed by atoms with Crippen molar-refractivity contribution in [3.8, 4) is 6.19 Å². The lowest BCUT2D eigenvalue weighted by molar-refractivity contribution is -0.128. The quantitative estimate of drug-likeness (QED) is 0.507. The second kappa shape index (κ2) is 10.4. The number of amides is 2. The van der Waals surface area contributed by atoms with Gasteiger partial charge in [0.25, 0.3) is 5.91 Å². The van der Waals surface area contributed by atoms with E-state index in [1.165, 1.54) is 11.3 Å². The Hall–Kier alpha value is -3.86. The number of pyridine rings is 1. The van der Waals surface area contributed by atoms with E-state index in [-0.39, 0.29) is 17.9 Å². The van der Waals surface area contributed by atoms with Crippen LogP contribution in [0.15, 0.2) is 48.9 Å². The van der Waals surface area contributed by atoms with Gasteiger partial charge in [-0.2, -0.15) is 5.26 Å². The van der Waals surface area contributed by atoms with Crippen LogP contribution in [0.1, 0.15) is 62.1 Å². The molecule has 36 heavy (non-hydrogen) atoms. The molecule has 2 N–H and O–H groups in total. The summed E-state index contributed by atoms with van der Waals surface area (Å²) in [5, 5.41) is 14.0. The molecular weight excluding hydrogens is 452 g/mol. The number of rotatable bonds is 6. The number of aromatic amines is 1. The van der Waals surface area contributed by atoms with E-state index in [9.17, 15) is 14.9 Å². The number of likely N-dealkylation sites (tertiary alicyclic amines) is 1. The Balaban J connectivity index is 1.60. The Morgan fingerprint density at radius 2 is 2.03 bits per heavy atom. The van der Waals surface area contributed by atoms with E-state index in [0.29, 0.717) is 24.2 Å². The zero-order valence-electron chi connectivity index (χ0n) is 20.6. The van der Waals surface area contributed by atoms with Crippen molar-refractivity contribution in [2.75, 3.05) is 11.4 Å². The lowest BCUT2D eigenvalue weighted by atomic mass is 9.94. The summed E-state index contributed by atoms with van der Waals surface area (Å²) < 4.78 is 0. The van der Waals surface area contributed by atoms with Crippen LogP contribution < -0.4 is 10.2 Å². The number of nitriles is 1. The van der Waals surface area contributed by atoms with Crippen LogP contribution in [0.2, 0.25) is 0 Å². The number of H-pyrrole nitrogens is 1. The van der Waals surface area contributed by atoms with E-state index >= 15 is 0 Å². The fourth-order valence-corrected chi connectivity index (χ4v) is 5.60. The lowest BCUT2D eigenvalue weighted by Gasteiger charge is -2.35. The van der Waals surface area contributed by atoms with Crippen molar-refractivity contribution in [2.45, 2.75) is 70.0 Å². The predicted octanol–water partition coefficient (Wildman–Crippen LogP) is 4.34. The molecule has 3 aromatic rings. The van der Waals surface area contributed by atoms with Crippen LogP contribution in [0.5, 0.6) is 0 Å². The molecule has 2 aliphatic rings. The Morgan fingerprint density at radius 1 is 1.19 bits per heavy atom. The van der Waals surface area contributed by atoms with Crippen molar-refractivity contribution < 1.29 is 9.59 Å². The minimum atomic E-state index is -0.900. The molecule has 5 rings (SSSR count). The Kier molecular flexibility index (Phi) is 6.90. The van der Waals surface area contributed by atoms with Gasteiger partial charge in [0, 0.05) is 53.3 Å². The second-order valence-corrected chi connectivity index (χ2v) is 9.89. The molecule has 2 fully saturated rings. The lowest BCUT2D eigenvalue weighted by Crippen LogP contribution is -2.51. The van der Waals surface area contributed by atoms with Gasteiger partial charge < -0.3 is 10.3 Å². The van der Waals surface area contributed by atoms with E-state index in [4.69, 9.17) is 0 Å². The van der Waals surface area contributed by atoms with Crippen molar-refractivity contribution in [2.24, 2.45) is 0 Å². The highest BCUT2D eigenvalue weighted by Crippen LogP contribution is 2.34. The number of hydrogen-bond donors (Lipinski definition) is 2. The first kappa shape index (κ1) is 23.9. The third kappa shape index (κ3) is 4.66. The molecule has 1 aromatic carbocycles. The summed E-state index contributed by atoms with van der Waals surface area (Å²) in [5.41, 5.74) is 3.26. The number of aryl methyl sites for hydroxylation is 1. The first-order valence-electron chi connectivity index (χ1n) is 12.8. The molecule has 1 aliphatic heterocycles. The number of fused-ring (bicyclic) bond motifs is 1. The first-order chi connectivity index (χ1) is 17.6. The van der Waals surface area contributed by atoms with Gasteiger partial charge in [0.1, 0.15) is 12.1 Å². The zero-order valence-corrected chi connectivity index (χ0v) is 20.6. The number of carbonyl (C=O) groups excluding carboxylic acids is 2. The highest BCUT2D eigenvalue weighted by atomic mass is 16.2. The van der Waals surface area contributed by atoms with E-state index in [1.807, 2.05) is 37.4 Å². The largest absolute Gasteiger partial charge is 0.361 e. The molecule has 1 saturated heterocycles. The van der Waals surface area contributed by atoms with Gasteiger partial charge in [0.05, 0.1) is 0 Å². The molecule has 0 radical (unpaired) electrons. The molecule has 186 valence electrons. The normalized spacial score (nSPS) is 19.1. The molecule has 8 heteroatoms. The van der Waals surface area contributed by atoms with Gasteiger partial charge in [-0.05, 0) is 56.4 Å². The van der Waals surface area contributed by atoms with Gasteiger partial charge in [0.2, 0.25) is 5.91 Å². The van der Waals surface area contributed by atoms with E-state index in [0.717, 1.165) is 48.6 Å². The van der Waals surface area contributed by atoms with E-state index in [2.05, 4.69) is 21.5 Å². The average Bonchev–Trinajstić information content (AvgIpc) is 3.54. The maximum atomic E-state index is 14.2. The molecule has 0 spiro atoms. The summed E-state index contributed by atoms with van der Waals surface area (Å²) in [6.07, 6.45) is 14.0. The summed E-state index contributed by atoms with van der Waals surface area (Å²) in [5.74, 6) is -0.461. The predicted molar refractivity (Wildman–Crippen MR) is 138 cm³/mol. The maximum absolute atomic E-state index is 14.2. The summed E-state index contributed by atoms with van der Waals surface area (Å²) in [4.78, 5) is 38.8. The molecule has 2 unspecified atom stereocenters. The molecule has 1 aliphatic carbocycles. The van der Waals surface area contributed by atoms with Crippen molar-refractivity contribution in [3.05, 3.63) is 60.0 Å². The minimum absolute atomic E-state index is 0.0954. The highest BCUT2D eigenvalue weighted by molar-refractivity contribution is 6.05. The summed E-state index contributed by atoms with van der Waals surface area (Å²) >= 11 is 0. The molecular formula is C28H32N6O2. The fraction of sp³-hybridized carbons (Fsp3) is 0.429. The minimum Gasteiger partial charge on any atom is -0.361 e. The van der Waals surface area contributed by atoms with Crippen molar-refractivity contribution in [1.29, 1.82) is 5.26 Å². The van der Waals surface area contributed by atoms with Gasteiger partial charge in [0.15, 0.2) is 6.19 Å². The summed E-state index contributed by atoms with van der Waals surface area (Å²) in [6, 6.07) is 8.01. The van der Waals surface area contributed by atoms with E-state index < -0.39 is 12.1 Å². The standard InChI is InChI=1S/C28H32N6O2/c1-19-16-31-24-15-22(11-12-23(19)24)34(28(36)25-10-6-14-33(25)18-29)26(20-7-5-13-30-17-20)27(35)32-21-8-3-2-4-9-21/h5,7,11-13,15-17,21,25-26,31H,2-4,6,8-10,14H2,1H3,(H,32,35). The van der Waals surface area contributed by atoms with Gasteiger partial charge in [-0.25, -0.2) is 0 Å². The average molecular weight is 485 g/mol. The number of nitrogens with one attached hydrogen (secondary N) is 2. The van der Waals surface area contributed by atoms with Crippen LogP contribution in [0.3, 0.4) is 0 Å². The van der Waals surface area contributed by atoms with Crippen LogP contribution in [0.25, 0.3) is 10.9 Å². The second-order valence-electron chi connectivity index (χ2n) is 9.89. The fourth-order valence-electron chi connectivity index (χ4n) is 5.60. The number of anilines is 1. The van der Waals surface area contributed by atoms with Crippen LogP contribution in [0.4, 0.5) is 5.69 Å². The van der Waals surface area contributed by atoms with Crippen LogP contribution >= 0.6 is 0 Å². The molecule has 3 heterocycles. The first-order valence-corrected chi connectivity index (χ1v) is 12.8. The molecule has 2 aromatic heterocycles. The SMILES string of the molecule is Cc1c[nH]c2cc(N(C(=O)C3CCCN3C#N)C(C(=O)NC3CCCCC3)c3cccnc3)ccc12. The Labute approximate surface area is 211 Å². The topological polar surface area (TPSA) is 105 Å². The van der Waals surface area contributed by atoms with Crippen LogP contribution in [-0.4, -0.2) is 45.3 Å². The monoisotopic (exact) mass is 484 g/mol. The third-order valence-electron chi connectivity index (χ3n) is 7.51. The van der Waals surface area contributed by atoms with Crippen LogP contribution in [0, 0.1) is 18.4 Å². The highest BCUT2D eigenvalue weighted by Gasteiger charge is 2.40. The molecule has 2 atom stereocenters. The van der Waals surface area contributed by atoms with Crippen LogP contribution in [-0.2, 0) is 9.59 Å². The summed E-state index contributed by atoms with van der Waals surface area (Å²) in [7, 11) is 0. The number of benzene rings is 1. The maximum Gasteiger partial charge on any atom is 0.251 e. The third-order valence-corrected chi connectivity index (χ3v) is 7.51. The van der Waals surface area contributed by atoms with Gasteiger partial charge in [-0.1, -0.05) is 31.4 Å². The van der Waals surface area contributed by atoms with Gasteiger partial charge in [-0.3, -0.25) is 24.4 Å². The molecule has 0 bridgehead atoms. The molecule has 8 nitrogen and oxygen atoms in total. The zero-order chi connectivity index (χ0) is 25.1. The molecule has 1 saturated carbocycles. The summed E-state index contributed by atoms with van der Waals surface area (Å²) in [6.45, 7) is 2.57. The smallest absolute Gasteiger partial charge is 0.251 e. The van der Waals surface area contributed by atoms with E-state index in [1.54, 1.807) is 23.4 Å². The van der Waals surface area contributed by atoms with Gasteiger partial charge in [-0.15, -0.1) is 0 Å². The van der Waals surface area contributed by atoms with Crippen molar-refractivity contribution in [1.82, 2.24) is 20.2 Å². The molecule has 2 amide bonds. The number of aromatic nitrogens is 2.